The van der Waals surface area contributed by atoms with Gasteiger partial charge in [0.2, 0.25) is 11.2 Å². The van der Waals surface area contributed by atoms with Crippen LogP contribution in [0.4, 0.5) is 0 Å². The van der Waals surface area contributed by atoms with Gasteiger partial charge >= 0.3 is 5.97 Å². The minimum absolute atomic E-state index is 0.0365. The number of esters is 1. The number of rotatable bonds is 8. The van der Waals surface area contributed by atoms with E-state index in [1.807, 2.05) is 6.92 Å². The number of hydrogen-bond donors (Lipinski definition) is 0. The third-order valence-corrected chi connectivity index (χ3v) is 4.44. The summed E-state index contributed by atoms with van der Waals surface area (Å²) in [5, 5.41) is 0.580. The third kappa shape index (κ3) is 5.68. The van der Waals surface area contributed by atoms with Gasteiger partial charge in [-0.25, -0.2) is 9.97 Å². The molecule has 0 fully saturated rings. The van der Waals surface area contributed by atoms with Crippen LogP contribution in [0, 0.1) is 0 Å². The van der Waals surface area contributed by atoms with Gasteiger partial charge in [0.1, 0.15) is 17.8 Å². The van der Waals surface area contributed by atoms with Crippen molar-refractivity contribution in [2.75, 3.05) is 6.61 Å². The Bertz CT molecular complexity index is 974. The molecular weight excluding hydrogens is 380 g/mol. The molecule has 0 amide bonds. The van der Waals surface area contributed by atoms with Crippen molar-refractivity contribution in [3.8, 4) is 11.5 Å². The van der Waals surface area contributed by atoms with Crippen molar-refractivity contribution in [1.29, 1.82) is 0 Å². The van der Waals surface area contributed by atoms with Crippen LogP contribution >= 0.6 is 11.8 Å². The molecular formula is C20H18N2O5S. The highest BCUT2D eigenvalue weighted by Crippen LogP contribution is 2.19. The molecule has 28 heavy (non-hydrogen) atoms. The lowest BCUT2D eigenvalue weighted by molar-refractivity contribution is -0.133. The van der Waals surface area contributed by atoms with Crippen LogP contribution in [-0.4, -0.2) is 22.5 Å². The van der Waals surface area contributed by atoms with Gasteiger partial charge in [0, 0.05) is 18.5 Å². The SMILES string of the molecule is CCOc1ccc(CC(=O)Oc2coc(CSc3ncccn3)cc2=O)cc1. The molecule has 1 aromatic carbocycles. The fraction of sp³-hybridized carbons (Fsp3) is 0.200. The van der Waals surface area contributed by atoms with Gasteiger partial charge in [-0.3, -0.25) is 9.59 Å². The van der Waals surface area contributed by atoms with E-state index in [2.05, 4.69) is 9.97 Å². The summed E-state index contributed by atoms with van der Waals surface area (Å²) in [6, 6.07) is 10.1. The van der Waals surface area contributed by atoms with E-state index in [0.29, 0.717) is 23.3 Å². The second kappa shape index (κ2) is 9.70. The summed E-state index contributed by atoms with van der Waals surface area (Å²) in [6.45, 7) is 2.47. The highest BCUT2D eigenvalue weighted by atomic mass is 32.2. The number of benzene rings is 1. The normalized spacial score (nSPS) is 10.5. The van der Waals surface area contributed by atoms with Crippen LogP contribution < -0.4 is 14.9 Å². The summed E-state index contributed by atoms with van der Waals surface area (Å²) < 4.78 is 15.9. The van der Waals surface area contributed by atoms with E-state index in [0.717, 1.165) is 17.6 Å². The molecule has 144 valence electrons. The molecule has 0 aliphatic heterocycles. The van der Waals surface area contributed by atoms with Crippen LogP contribution in [0.15, 0.2) is 69.4 Å². The molecule has 8 heteroatoms. The highest BCUT2D eigenvalue weighted by Gasteiger charge is 2.12. The van der Waals surface area contributed by atoms with E-state index < -0.39 is 11.4 Å². The maximum Gasteiger partial charge on any atom is 0.315 e. The minimum atomic E-state index is -0.545. The van der Waals surface area contributed by atoms with Gasteiger partial charge in [-0.15, -0.1) is 0 Å². The summed E-state index contributed by atoms with van der Waals surface area (Å²) in [4.78, 5) is 32.4. The van der Waals surface area contributed by atoms with Gasteiger partial charge in [0.05, 0.1) is 18.8 Å². The van der Waals surface area contributed by atoms with Crippen LogP contribution in [0.5, 0.6) is 11.5 Å². The molecule has 0 saturated carbocycles. The van der Waals surface area contributed by atoms with Gasteiger partial charge in [-0.2, -0.15) is 0 Å². The van der Waals surface area contributed by atoms with E-state index in [-0.39, 0.29) is 12.2 Å². The number of carbonyl (C=O) groups excluding carboxylic acids is 1. The standard InChI is InChI=1S/C20H18N2O5S/c1-2-25-15-6-4-14(5-7-15)10-19(24)27-18-12-26-16(11-17(18)23)13-28-20-21-8-3-9-22-20/h3-9,11-12H,2,10,13H2,1H3. The Labute approximate surface area is 165 Å². The molecule has 0 aliphatic rings. The molecule has 7 nitrogen and oxygen atoms in total. The summed E-state index contributed by atoms with van der Waals surface area (Å²) >= 11 is 1.34. The zero-order valence-electron chi connectivity index (χ0n) is 15.2. The Morgan fingerprint density at radius 3 is 2.61 bits per heavy atom. The molecule has 0 radical (unpaired) electrons. The van der Waals surface area contributed by atoms with Crippen molar-refractivity contribution in [1.82, 2.24) is 9.97 Å². The molecule has 2 heterocycles. The largest absolute Gasteiger partial charge is 0.494 e. The number of nitrogens with zero attached hydrogens (tertiary/aromatic N) is 2. The van der Waals surface area contributed by atoms with Crippen molar-refractivity contribution in [2.45, 2.75) is 24.3 Å². The first kappa shape index (κ1) is 19.6. The van der Waals surface area contributed by atoms with Crippen molar-refractivity contribution < 1.29 is 18.7 Å². The van der Waals surface area contributed by atoms with E-state index >= 15 is 0 Å². The predicted octanol–water partition coefficient (Wildman–Crippen LogP) is 3.27. The molecule has 0 saturated heterocycles. The number of hydrogen-bond acceptors (Lipinski definition) is 8. The Morgan fingerprint density at radius 2 is 1.93 bits per heavy atom. The average molecular weight is 398 g/mol. The number of carbonyl (C=O) groups is 1. The summed E-state index contributed by atoms with van der Waals surface area (Å²) in [5.74, 6) is 0.875. The van der Waals surface area contributed by atoms with Gasteiger partial charge in [0.15, 0.2) is 5.16 Å². The topological polar surface area (TPSA) is 91.5 Å². The summed E-state index contributed by atoms with van der Waals surface area (Å²) in [5.41, 5.74) is 0.338. The maximum atomic E-state index is 12.2. The molecule has 3 rings (SSSR count). The van der Waals surface area contributed by atoms with Crippen LogP contribution in [-0.2, 0) is 17.0 Å². The van der Waals surface area contributed by atoms with E-state index in [9.17, 15) is 9.59 Å². The van der Waals surface area contributed by atoms with Crippen LogP contribution in [0.1, 0.15) is 18.2 Å². The predicted molar refractivity (Wildman–Crippen MR) is 104 cm³/mol. The lowest BCUT2D eigenvalue weighted by atomic mass is 10.1. The fourth-order valence-corrected chi connectivity index (χ4v) is 2.97. The second-order valence-electron chi connectivity index (χ2n) is 5.62. The number of ether oxygens (including phenoxy) is 2. The first-order valence-corrected chi connectivity index (χ1v) is 9.56. The first-order chi connectivity index (χ1) is 13.6. The minimum Gasteiger partial charge on any atom is -0.494 e. The number of aromatic nitrogens is 2. The monoisotopic (exact) mass is 398 g/mol. The van der Waals surface area contributed by atoms with Crippen molar-refractivity contribution >= 4 is 17.7 Å². The number of thioether (sulfide) groups is 1. The third-order valence-electron chi connectivity index (χ3n) is 3.54. The van der Waals surface area contributed by atoms with Gasteiger partial charge in [-0.1, -0.05) is 23.9 Å². The van der Waals surface area contributed by atoms with Crippen LogP contribution in [0.2, 0.25) is 0 Å². The molecule has 0 atom stereocenters. The van der Waals surface area contributed by atoms with Crippen molar-refractivity contribution in [2.24, 2.45) is 0 Å². The lowest BCUT2D eigenvalue weighted by Gasteiger charge is -2.06. The highest BCUT2D eigenvalue weighted by molar-refractivity contribution is 7.98. The van der Waals surface area contributed by atoms with Crippen molar-refractivity contribution in [3.05, 3.63) is 76.6 Å². The van der Waals surface area contributed by atoms with E-state index in [4.69, 9.17) is 13.9 Å². The zero-order chi connectivity index (χ0) is 19.8. The molecule has 0 N–H and O–H groups in total. The molecule has 0 aliphatic carbocycles. The summed E-state index contributed by atoms with van der Waals surface area (Å²) in [6.07, 6.45) is 4.46. The molecule has 3 aromatic rings. The second-order valence-corrected chi connectivity index (χ2v) is 6.57. The Balaban J connectivity index is 1.56. The molecule has 2 aromatic heterocycles. The van der Waals surface area contributed by atoms with Crippen LogP contribution in [0.25, 0.3) is 0 Å². The Kier molecular flexibility index (Phi) is 6.80. The summed E-state index contributed by atoms with van der Waals surface area (Å²) in [7, 11) is 0. The van der Waals surface area contributed by atoms with Crippen molar-refractivity contribution in [3.63, 3.8) is 0 Å². The van der Waals surface area contributed by atoms with E-state index in [1.54, 1.807) is 42.7 Å². The fourth-order valence-electron chi connectivity index (χ4n) is 2.28. The zero-order valence-corrected chi connectivity index (χ0v) is 16.0. The van der Waals surface area contributed by atoms with E-state index in [1.165, 1.54) is 17.8 Å². The Hall–Kier alpha value is -3.13. The molecule has 0 bridgehead atoms. The first-order valence-electron chi connectivity index (χ1n) is 8.58. The lowest BCUT2D eigenvalue weighted by Crippen LogP contribution is -2.16. The van der Waals surface area contributed by atoms with Gasteiger partial charge in [0.25, 0.3) is 0 Å². The average Bonchev–Trinajstić information content (AvgIpc) is 2.71. The molecule has 0 unspecified atom stereocenters. The quantitative estimate of drug-likeness (QED) is 0.324. The van der Waals surface area contributed by atoms with Gasteiger partial charge < -0.3 is 13.9 Å². The maximum absolute atomic E-state index is 12.2. The molecule has 0 spiro atoms. The van der Waals surface area contributed by atoms with Gasteiger partial charge in [-0.05, 0) is 30.7 Å². The van der Waals surface area contributed by atoms with Crippen LogP contribution in [0.3, 0.4) is 0 Å². The Morgan fingerprint density at radius 1 is 1.18 bits per heavy atom. The smallest absolute Gasteiger partial charge is 0.315 e.